The lowest BCUT2D eigenvalue weighted by Crippen LogP contribution is -2.22. The molecule has 0 amide bonds. The van der Waals surface area contributed by atoms with E-state index in [1.807, 2.05) is 16.8 Å². The van der Waals surface area contributed by atoms with Gasteiger partial charge in [-0.2, -0.15) is 5.10 Å². The lowest BCUT2D eigenvalue weighted by atomic mass is 9.97. The van der Waals surface area contributed by atoms with Gasteiger partial charge in [-0.3, -0.25) is 9.69 Å². The largest absolute Gasteiger partial charge is 0.310 e. The molecule has 1 aromatic carbocycles. The van der Waals surface area contributed by atoms with E-state index in [9.17, 15) is 9.18 Å². The molecule has 1 saturated carbocycles. The van der Waals surface area contributed by atoms with Gasteiger partial charge in [-0.1, -0.05) is 31.9 Å². The van der Waals surface area contributed by atoms with Crippen molar-refractivity contribution in [3.8, 4) is 0 Å². The van der Waals surface area contributed by atoms with Gasteiger partial charge in [-0.05, 0) is 42.9 Å². The number of hydrogen-bond acceptors (Lipinski definition) is 4. The summed E-state index contributed by atoms with van der Waals surface area (Å²) in [5.74, 6) is 1.13. The summed E-state index contributed by atoms with van der Waals surface area (Å²) in [7, 11) is 0. The lowest BCUT2D eigenvalue weighted by Gasteiger charge is -2.17. The number of rotatable bonds is 4. The molecule has 6 nitrogen and oxygen atoms in total. The molecule has 158 valence electrons. The molecule has 1 N–H and O–H groups in total. The molecule has 3 aromatic rings. The summed E-state index contributed by atoms with van der Waals surface area (Å²) in [5.41, 5.74) is 2.41. The highest BCUT2D eigenvalue weighted by molar-refractivity contribution is 5.73. The summed E-state index contributed by atoms with van der Waals surface area (Å²) in [6, 6.07) is 5.66. The third-order valence-corrected chi connectivity index (χ3v) is 6.82. The predicted octanol–water partition coefficient (Wildman–Crippen LogP) is 3.92. The van der Waals surface area contributed by atoms with Crippen LogP contribution in [0.1, 0.15) is 61.5 Å². The van der Waals surface area contributed by atoms with Crippen LogP contribution in [0, 0.1) is 18.7 Å². The van der Waals surface area contributed by atoms with Gasteiger partial charge < -0.3 is 4.98 Å². The number of likely N-dealkylation sites (tertiary alicyclic amines) is 1. The molecule has 1 aliphatic carbocycles. The number of hydrogen-bond donors (Lipinski definition) is 1. The van der Waals surface area contributed by atoms with Gasteiger partial charge in [0.05, 0.1) is 12.2 Å². The van der Waals surface area contributed by atoms with Crippen molar-refractivity contribution in [2.45, 2.75) is 58.0 Å². The number of aryl methyl sites for hydroxylation is 1. The standard InChI is InChI=1S/C23H28FN5O/c1-14-9-16(7-8-20(14)24)12-28-11-15(2)19(13-28)21-26-22-18(23(30)27-21)10-25-29(22)17-5-3-4-6-17/h7-10,15,17,19H,3-6,11-13H2,1-2H3,(H,26,27,30)/t15-,19-/m1/s1. The number of nitrogens with zero attached hydrogens (tertiary/aromatic N) is 4. The van der Waals surface area contributed by atoms with Crippen molar-refractivity contribution in [1.29, 1.82) is 0 Å². The van der Waals surface area contributed by atoms with E-state index in [0.717, 1.165) is 49.5 Å². The van der Waals surface area contributed by atoms with Crippen molar-refractivity contribution in [1.82, 2.24) is 24.6 Å². The minimum absolute atomic E-state index is 0.0981. The van der Waals surface area contributed by atoms with Crippen LogP contribution in [-0.2, 0) is 6.54 Å². The number of aromatic nitrogens is 4. The summed E-state index contributed by atoms with van der Waals surface area (Å²) >= 11 is 0. The quantitative estimate of drug-likeness (QED) is 0.709. The first-order valence-electron chi connectivity index (χ1n) is 10.9. The molecule has 3 heterocycles. The Morgan fingerprint density at radius 1 is 1.23 bits per heavy atom. The van der Waals surface area contributed by atoms with E-state index >= 15 is 0 Å². The number of nitrogens with one attached hydrogen (secondary N) is 1. The minimum Gasteiger partial charge on any atom is -0.310 e. The topological polar surface area (TPSA) is 66.8 Å². The van der Waals surface area contributed by atoms with Gasteiger partial charge in [0.25, 0.3) is 5.56 Å². The zero-order valence-corrected chi connectivity index (χ0v) is 17.6. The van der Waals surface area contributed by atoms with Crippen LogP contribution in [0.25, 0.3) is 11.0 Å². The summed E-state index contributed by atoms with van der Waals surface area (Å²) in [4.78, 5) is 23.0. The van der Waals surface area contributed by atoms with Crippen LogP contribution in [0.4, 0.5) is 4.39 Å². The maximum atomic E-state index is 13.6. The fraction of sp³-hybridized carbons (Fsp3) is 0.522. The van der Waals surface area contributed by atoms with Gasteiger partial charge in [0.1, 0.15) is 17.0 Å². The van der Waals surface area contributed by atoms with Crippen LogP contribution in [-0.4, -0.2) is 37.7 Å². The number of aromatic amines is 1. The molecule has 7 heteroatoms. The monoisotopic (exact) mass is 409 g/mol. The van der Waals surface area contributed by atoms with Crippen molar-refractivity contribution in [2.24, 2.45) is 5.92 Å². The van der Waals surface area contributed by atoms with Crippen LogP contribution >= 0.6 is 0 Å². The Morgan fingerprint density at radius 2 is 2.03 bits per heavy atom. The second-order valence-corrected chi connectivity index (χ2v) is 9.08. The number of halogens is 1. The van der Waals surface area contributed by atoms with Crippen LogP contribution in [0.15, 0.2) is 29.2 Å². The number of fused-ring (bicyclic) bond motifs is 1. The maximum Gasteiger partial charge on any atom is 0.262 e. The molecule has 0 unspecified atom stereocenters. The summed E-state index contributed by atoms with van der Waals surface area (Å²) < 4.78 is 15.6. The van der Waals surface area contributed by atoms with Gasteiger partial charge >= 0.3 is 0 Å². The molecule has 30 heavy (non-hydrogen) atoms. The van der Waals surface area contributed by atoms with Gasteiger partial charge in [-0.15, -0.1) is 0 Å². The first-order chi connectivity index (χ1) is 14.5. The zero-order chi connectivity index (χ0) is 20.8. The summed E-state index contributed by atoms with van der Waals surface area (Å²) in [5, 5.41) is 5.08. The first kappa shape index (κ1) is 19.4. The van der Waals surface area contributed by atoms with E-state index in [-0.39, 0.29) is 17.3 Å². The molecule has 0 bridgehead atoms. The van der Waals surface area contributed by atoms with Gasteiger partial charge in [-0.25, -0.2) is 14.1 Å². The van der Waals surface area contributed by atoms with Gasteiger partial charge in [0.2, 0.25) is 0 Å². The summed E-state index contributed by atoms with van der Waals surface area (Å²) in [6.07, 6.45) is 6.28. The highest BCUT2D eigenvalue weighted by atomic mass is 19.1. The molecule has 1 aliphatic heterocycles. The second-order valence-electron chi connectivity index (χ2n) is 9.08. The molecule has 0 radical (unpaired) electrons. The molecule has 0 spiro atoms. The van der Waals surface area contributed by atoms with E-state index < -0.39 is 0 Å². The van der Waals surface area contributed by atoms with Gasteiger partial charge in [0.15, 0.2) is 5.65 Å². The molecule has 1 saturated heterocycles. The van der Waals surface area contributed by atoms with E-state index in [2.05, 4.69) is 21.9 Å². The molecule has 2 fully saturated rings. The van der Waals surface area contributed by atoms with Crippen molar-refractivity contribution in [2.75, 3.05) is 13.1 Å². The number of benzene rings is 1. The van der Waals surface area contributed by atoms with E-state index in [1.165, 1.54) is 12.8 Å². The van der Waals surface area contributed by atoms with E-state index in [4.69, 9.17) is 4.98 Å². The van der Waals surface area contributed by atoms with Gasteiger partial charge in [0, 0.05) is 25.6 Å². The Bertz CT molecular complexity index is 1130. The van der Waals surface area contributed by atoms with E-state index in [1.54, 1.807) is 19.2 Å². The van der Waals surface area contributed by atoms with Crippen LogP contribution in [0.3, 0.4) is 0 Å². The Morgan fingerprint density at radius 3 is 2.80 bits per heavy atom. The molecular formula is C23H28FN5O. The Kier molecular flexibility index (Phi) is 4.93. The molecular weight excluding hydrogens is 381 g/mol. The third kappa shape index (κ3) is 3.45. The predicted molar refractivity (Wildman–Crippen MR) is 114 cm³/mol. The molecule has 5 rings (SSSR count). The fourth-order valence-corrected chi connectivity index (χ4v) is 5.16. The van der Waals surface area contributed by atoms with E-state index in [0.29, 0.717) is 22.9 Å². The summed E-state index contributed by atoms with van der Waals surface area (Å²) in [6.45, 7) is 6.52. The van der Waals surface area contributed by atoms with Crippen LogP contribution in [0.2, 0.25) is 0 Å². The molecule has 2 atom stereocenters. The van der Waals surface area contributed by atoms with Crippen molar-refractivity contribution in [3.05, 3.63) is 57.5 Å². The highest BCUT2D eigenvalue weighted by Crippen LogP contribution is 2.33. The second kappa shape index (κ2) is 7.61. The first-order valence-corrected chi connectivity index (χ1v) is 10.9. The minimum atomic E-state index is -0.166. The maximum absolute atomic E-state index is 13.6. The van der Waals surface area contributed by atoms with Crippen molar-refractivity contribution < 1.29 is 4.39 Å². The normalized spacial score (nSPS) is 23.0. The Hall–Kier alpha value is -2.54. The van der Waals surface area contributed by atoms with Crippen LogP contribution < -0.4 is 5.56 Å². The molecule has 2 aliphatic rings. The average molecular weight is 410 g/mol. The fourth-order valence-electron chi connectivity index (χ4n) is 5.16. The number of H-pyrrole nitrogens is 1. The van der Waals surface area contributed by atoms with Crippen molar-refractivity contribution >= 4 is 11.0 Å². The Labute approximate surface area is 175 Å². The lowest BCUT2D eigenvalue weighted by molar-refractivity contribution is 0.318. The highest BCUT2D eigenvalue weighted by Gasteiger charge is 2.33. The smallest absolute Gasteiger partial charge is 0.262 e. The SMILES string of the molecule is Cc1cc(CN2C[C@@H](C)[C@H](c3nc4c(cnn4C4CCCC4)c(=O)[nH]3)C2)ccc1F. The third-order valence-electron chi connectivity index (χ3n) is 6.82. The molecule has 2 aromatic heterocycles. The average Bonchev–Trinajstić information content (AvgIpc) is 3.44. The van der Waals surface area contributed by atoms with Crippen molar-refractivity contribution in [3.63, 3.8) is 0 Å². The Balaban J connectivity index is 1.41. The zero-order valence-electron chi connectivity index (χ0n) is 17.6. The van der Waals surface area contributed by atoms with Crippen LogP contribution in [0.5, 0.6) is 0 Å².